The minimum Gasteiger partial charge on any atom is -0.305 e. The van der Waals surface area contributed by atoms with Crippen LogP contribution in [0.2, 0.25) is 0 Å². The second-order valence-corrected chi connectivity index (χ2v) is 5.34. The Morgan fingerprint density at radius 3 is 2.06 bits per heavy atom. The Morgan fingerprint density at radius 2 is 1.81 bits per heavy atom. The molecule has 0 radical (unpaired) electrons. The lowest BCUT2D eigenvalue weighted by Gasteiger charge is -2.39. The summed E-state index contributed by atoms with van der Waals surface area (Å²) in [5.41, 5.74) is -1.68. The minimum atomic E-state index is -4.16. The van der Waals surface area contributed by atoms with Gasteiger partial charge in [0.1, 0.15) is 5.54 Å². The van der Waals surface area contributed by atoms with Crippen LogP contribution in [0.15, 0.2) is 0 Å². The monoisotopic (exact) mass is 238 g/mol. The van der Waals surface area contributed by atoms with Crippen LogP contribution in [0.3, 0.4) is 0 Å². The third-order valence-corrected chi connectivity index (χ3v) is 3.64. The molecule has 0 aromatic carbocycles. The third-order valence-electron chi connectivity index (χ3n) is 3.64. The molecule has 0 spiro atoms. The van der Waals surface area contributed by atoms with E-state index in [1.807, 2.05) is 32.8 Å². The maximum absolute atomic E-state index is 13.1. The molecule has 2 nitrogen and oxygen atoms in total. The number of hydrogen-bond acceptors (Lipinski definition) is 2. The molecule has 0 amide bonds. The van der Waals surface area contributed by atoms with Crippen molar-refractivity contribution in [1.29, 1.82) is 0 Å². The molecule has 1 unspecified atom stereocenters. The Bertz CT molecular complexity index is 250. The van der Waals surface area contributed by atoms with E-state index in [9.17, 15) is 13.2 Å². The first-order valence-corrected chi connectivity index (χ1v) is 5.59. The summed E-state index contributed by atoms with van der Waals surface area (Å²) in [6.45, 7) is 5.45. The van der Waals surface area contributed by atoms with E-state index in [1.165, 1.54) is 6.92 Å². The molecule has 0 aliphatic carbocycles. The fraction of sp³-hybridized carbons (Fsp3) is 1.00. The van der Waals surface area contributed by atoms with Crippen LogP contribution in [0.4, 0.5) is 13.2 Å². The largest absolute Gasteiger partial charge is 0.406 e. The lowest BCUT2D eigenvalue weighted by Crippen LogP contribution is -2.55. The highest BCUT2D eigenvalue weighted by molar-refractivity contribution is 5.04. The fourth-order valence-corrected chi connectivity index (χ4v) is 2.47. The van der Waals surface area contributed by atoms with E-state index in [0.717, 1.165) is 0 Å². The second-order valence-electron chi connectivity index (χ2n) is 5.34. The summed E-state index contributed by atoms with van der Waals surface area (Å²) in [7, 11) is 3.68. The predicted molar refractivity (Wildman–Crippen MR) is 58.4 cm³/mol. The standard InChI is InChI=1S/C11H21F3N2/c1-8(2)16-7-9(15(4)5)6-10(16,3)11(12,13)14/h8-9H,6-7H2,1-5H3/t9-,10?/m0/s1. The first-order chi connectivity index (χ1) is 7.09. The Hall–Kier alpha value is -0.290. The fourth-order valence-electron chi connectivity index (χ4n) is 2.47. The highest BCUT2D eigenvalue weighted by Gasteiger charge is 2.60. The van der Waals surface area contributed by atoms with Gasteiger partial charge >= 0.3 is 6.18 Å². The topological polar surface area (TPSA) is 6.48 Å². The summed E-state index contributed by atoms with van der Waals surface area (Å²) in [5, 5.41) is 0. The van der Waals surface area contributed by atoms with Crippen LogP contribution in [-0.4, -0.2) is 54.2 Å². The molecule has 0 bridgehead atoms. The Morgan fingerprint density at radius 1 is 1.31 bits per heavy atom. The Labute approximate surface area is 95.4 Å². The van der Waals surface area contributed by atoms with E-state index in [-0.39, 0.29) is 18.5 Å². The first kappa shape index (κ1) is 13.8. The summed E-state index contributed by atoms with van der Waals surface area (Å²) in [6.07, 6.45) is -4.01. The number of likely N-dealkylation sites (tertiary alicyclic amines) is 1. The van der Waals surface area contributed by atoms with Crippen molar-refractivity contribution in [3.05, 3.63) is 0 Å². The molecular formula is C11H21F3N2. The van der Waals surface area contributed by atoms with Gasteiger partial charge in [-0.05, 0) is 41.3 Å². The van der Waals surface area contributed by atoms with E-state index < -0.39 is 11.7 Å². The average Bonchev–Trinajstić information content (AvgIpc) is 2.43. The maximum atomic E-state index is 13.1. The number of halogens is 3. The lowest BCUT2D eigenvalue weighted by molar-refractivity contribution is -0.221. The molecule has 16 heavy (non-hydrogen) atoms. The van der Waals surface area contributed by atoms with Gasteiger partial charge in [-0.1, -0.05) is 0 Å². The Balaban J connectivity index is 2.98. The quantitative estimate of drug-likeness (QED) is 0.728. The van der Waals surface area contributed by atoms with Crippen LogP contribution < -0.4 is 0 Å². The van der Waals surface area contributed by atoms with Crippen molar-refractivity contribution in [1.82, 2.24) is 9.80 Å². The van der Waals surface area contributed by atoms with Gasteiger partial charge < -0.3 is 4.90 Å². The van der Waals surface area contributed by atoms with Crippen molar-refractivity contribution in [2.45, 2.75) is 51.0 Å². The molecule has 1 fully saturated rings. The van der Waals surface area contributed by atoms with Gasteiger partial charge in [-0.2, -0.15) is 13.2 Å². The minimum absolute atomic E-state index is 0.0194. The van der Waals surface area contributed by atoms with E-state index in [1.54, 1.807) is 4.90 Å². The molecule has 5 heteroatoms. The van der Waals surface area contributed by atoms with Gasteiger partial charge in [0.15, 0.2) is 0 Å². The zero-order valence-corrected chi connectivity index (χ0v) is 10.6. The van der Waals surface area contributed by atoms with Gasteiger partial charge in [-0.25, -0.2) is 0 Å². The molecule has 0 N–H and O–H groups in total. The molecule has 1 aliphatic rings. The molecule has 1 aliphatic heterocycles. The van der Waals surface area contributed by atoms with Crippen LogP contribution in [-0.2, 0) is 0 Å². The smallest absolute Gasteiger partial charge is 0.305 e. The molecule has 96 valence electrons. The number of rotatable bonds is 2. The van der Waals surface area contributed by atoms with Gasteiger partial charge in [-0.3, -0.25) is 4.90 Å². The van der Waals surface area contributed by atoms with Gasteiger partial charge in [0.05, 0.1) is 0 Å². The molecule has 2 atom stereocenters. The lowest BCUT2D eigenvalue weighted by atomic mass is 9.95. The number of alkyl halides is 3. The summed E-state index contributed by atoms with van der Waals surface area (Å²) in [5.74, 6) is 0. The predicted octanol–water partition coefficient (Wildman–Crippen LogP) is 2.35. The molecule has 1 heterocycles. The zero-order valence-electron chi connectivity index (χ0n) is 10.6. The number of hydrogen-bond donors (Lipinski definition) is 0. The van der Waals surface area contributed by atoms with Crippen molar-refractivity contribution in [3.8, 4) is 0 Å². The van der Waals surface area contributed by atoms with E-state index >= 15 is 0 Å². The van der Waals surface area contributed by atoms with Crippen LogP contribution in [0.1, 0.15) is 27.2 Å². The SMILES string of the molecule is CC(C)N1C[C@@H](N(C)C)CC1(C)C(F)(F)F. The summed E-state index contributed by atoms with van der Waals surface area (Å²) in [4.78, 5) is 3.45. The normalized spacial score (nSPS) is 33.0. The molecule has 0 saturated carbocycles. The van der Waals surface area contributed by atoms with Crippen molar-refractivity contribution in [2.75, 3.05) is 20.6 Å². The second kappa shape index (κ2) is 4.18. The number of nitrogens with zero attached hydrogens (tertiary/aromatic N) is 2. The third kappa shape index (κ3) is 2.20. The molecule has 1 rings (SSSR count). The van der Waals surface area contributed by atoms with Crippen molar-refractivity contribution < 1.29 is 13.2 Å². The Kier molecular flexibility index (Phi) is 3.60. The summed E-state index contributed by atoms with van der Waals surface area (Å²) >= 11 is 0. The van der Waals surface area contributed by atoms with Crippen LogP contribution in [0.5, 0.6) is 0 Å². The van der Waals surface area contributed by atoms with Gasteiger partial charge in [0, 0.05) is 18.6 Å². The maximum Gasteiger partial charge on any atom is 0.406 e. The summed E-state index contributed by atoms with van der Waals surface area (Å²) < 4.78 is 39.4. The molecular weight excluding hydrogens is 217 g/mol. The molecule has 0 aromatic heterocycles. The summed E-state index contributed by atoms with van der Waals surface area (Å²) in [6, 6.07) is -0.106. The van der Waals surface area contributed by atoms with Gasteiger partial charge in [-0.15, -0.1) is 0 Å². The average molecular weight is 238 g/mol. The van der Waals surface area contributed by atoms with Gasteiger partial charge in [0.2, 0.25) is 0 Å². The van der Waals surface area contributed by atoms with Gasteiger partial charge in [0.25, 0.3) is 0 Å². The molecule has 0 aromatic rings. The van der Waals surface area contributed by atoms with Crippen LogP contribution in [0, 0.1) is 0 Å². The van der Waals surface area contributed by atoms with Crippen molar-refractivity contribution in [2.24, 2.45) is 0 Å². The zero-order chi connectivity index (χ0) is 12.7. The highest BCUT2D eigenvalue weighted by atomic mass is 19.4. The van der Waals surface area contributed by atoms with Crippen LogP contribution >= 0.6 is 0 Å². The number of likely N-dealkylation sites (N-methyl/N-ethyl adjacent to an activating group) is 1. The van der Waals surface area contributed by atoms with Crippen molar-refractivity contribution >= 4 is 0 Å². The highest BCUT2D eigenvalue weighted by Crippen LogP contribution is 2.44. The van der Waals surface area contributed by atoms with E-state index in [0.29, 0.717) is 6.54 Å². The van der Waals surface area contributed by atoms with E-state index in [4.69, 9.17) is 0 Å². The first-order valence-electron chi connectivity index (χ1n) is 5.59. The van der Waals surface area contributed by atoms with Crippen molar-refractivity contribution in [3.63, 3.8) is 0 Å². The van der Waals surface area contributed by atoms with Crippen LogP contribution in [0.25, 0.3) is 0 Å². The van der Waals surface area contributed by atoms with E-state index in [2.05, 4.69) is 0 Å². The molecule has 1 saturated heterocycles.